The third-order valence-corrected chi connectivity index (χ3v) is 5.38. The Kier molecular flexibility index (Phi) is 5.68. The summed E-state index contributed by atoms with van der Waals surface area (Å²) in [5, 5.41) is 3.61. The number of fused-ring (bicyclic) bond motifs is 1. The largest absolute Gasteiger partial charge is 0.433 e. The summed E-state index contributed by atoms with van der Waals surface area (Å²) in [6, 6.07) is 1.04. The Morgan fingerprint density at radius 3 is 2.76 bits per heavy atom. The van der Waals surface area contributed by atoms with E-state index in [1.165, 1.54) is 0 Å². The van der Waals surface area contributed by atoms with Crippen molar-refractivity contribution >= 4 is 11.7 Å². The number of piperidine rings is 1. The smallest absolute Gasteiger partial charge is 0.376 e. The molecule has 0 aromatic carbocycles. The third kappa shape index (κ3) is 4.50. The van der Waals surface area contributed by atoms with Crippen LogP contribution in [0.1, 0.15) is 43.0 Å². The quantitative estimate of drug-likeness (QED) is 0.746. The number of nitrogens with zero attached hydrogens (tertiary/aromatic N) is 5. The van der Waals surface area contributed by atoms with Crippen LogP contribution in [0.15, 0.2) is 12.4 Å². The highest BCUT2D eigenvalue weighted by Gasteiger charge is 2.36. The summed E-state index contributed by atoms with van der Waals surface area (Å²) in [6.45, 7) is 2.04. The van der Waals surface area contributed by atoms with Crippen LogP contribution in [-0.2, 0) is 20.4 Å². The predicted molar refractivity (Wildman–Crippen MR) is 94.1 cm³/mol. The standard InChI is InChI=1S/C18H22F3N5O3/c19-18(20,21)15-8-14(24-17-22-11-23-26(15)17)12-3-5-25(6-4-12)16(27)10-28-9-13-2-1-7-29-13/h8,11-13H,1-7,9-10H2/t13-/m0/s1. The van der Waals surface area contributed by atoms with Gasteiger partial charge in [-0.25, -0.2) is 4.98 Å². The zero-order valence-electron chi connectivity index (χ0n) is 15.8. The minimum Gasteiger partial charge on any atom is -0.376 e. The van der Waals surface area contributed by atoms with Gasteiger partial charge in [0.05, 0.1) is 12.7 Å². The number of halogens is 3. The maximum absolute atomic E-state index is 13.3. The molecule has 4 rings (SSSR count). The van der Waals surface area contributed by atoms with Crippen LogP contribution in [0.4, 0.5) is 13.2 Å². The number of alkyl halides is 3. The molecule has 4 heterocycles. The first-order valence-corrected chi connectivity index (χ1v) is 9.67. The zero-order chi connectivity index (χ0) is 20.4. The molecule has 2 saturated heterocycles. The van der Waals surface area contributed by atoms with Gasteiger partial charge in [0.25, 0.3) is 5.78 Å². The molecular weight excluding hydrogens is 391 g/mol. The number of rotatable bonds is 5. The van der Waals surface area contributed by atoms with Gasteiger partial charge < -0.3 is 14.4 Å². The van der Waals surface area contributed by atoms with E-state index in [-0.39, 0.29) is 30.3 Å². The van der Waals surface area contributed by atoms with E-state index in [1.54, 1.807) is 4.90 Å². The average molecular weight is 413 g/mol. The zero-order valence-corrected chi connectivity index (χ0v) is 15.8. The Morgan fingerprint density at radius 1 is 1.28 bits per heavy atom. The molecule has 1 atom stereocenters. The van der Waals surface area contributed by atoms with Gasteiger partial charge in [0.2, 0.25) is 5.91 Å². The topological polar surface area (TPSA) is 81.9 Å². The molecular formula is C18H22F3N5O3. The Balaban J connectivity index is 1.35. The van der Waals surface area contributed by atoms with Crippen LogP contribution < -0.4 is 0 Å². The molecule has 2 aromatic rings. The van der Waals surface area contributed by atoms with Gasteiger partial charge in [-0.15, -0.1) is 0 Å². The van der Waals surface area contributed by atoms with Crippen molar-refractivity contribution in [1.29, 1.82) is 0 Å². The van der Waals surface area contributed by atoms with Gasteiger partial charge in [0, 0.05) is 31.3 Å². The van der Waals surface area contributed by atoms with E-state index in [0.29, 0.717) is 42.7 Å². The van der Waals surface area contributed by atoms with Gasteiger partial charge in [-0.05, 0) is 31.7 Å². The molecule has 0 spiro atoms. The molecule has 2 aliphatic rings. The molecule has 0 N–H and O–H groups in total. The second-order valence-electron chi connectivity index (χ2n) is 7.34. The maximum atomic E-state index is 13.3. The van der Waals surface area contributed by atoms with Crippen LogP contribution in [-0.4, -0.2) is 69.4 Å². The SMILES string of the molecule is O=C(COC[C@@H]1CCCO1)N1CCC(c2cc(C(F)(F)F)n3ncnc3n2)CC1. The fourth-order valence-corrected chi connectivity index (χ4v) is 3.81. The number of amides is 1. The monoisotopic (exact) mass is 413 g/mol. The molecule has 11 heteroatoms. The van der Waals surface area contributed by atoms with E-state index in [1.807, 2.05) is 0 Å². The van der Waals surface area contributed by atoms with Crippen LogP contribution in [0.5, 0.6) is 0 Å². The highest BCUT2D eigenvalue weighted by atomic mass is 19.4. The Morgan fingerprint density at radius 2 is 2.07 bits per heavy atom. The van der Waals surface area contributed by atoms with Crippen LogP contribution in [0.3, 0.4) is 0 Å². The normalized spacial score (nSPS) is 21.2. The lowest BCUT2D eigenvalue weighted by Crippen LogP contribution is -2.40. The van der Waals surface area contributed by atoms with Crippen LogP contribution in [0, 0.1) is 0 Å². The molecule has 2 aromatic heterocycles. The summed E-state index contributed by atoms with van der Waals surface area (Å²) in [6.07, 6.45) is -0.407. The summed E-state index contributed by atoms with van der Waals surface area (Å²) >= 11 is 0. The van der Waals surface area contributed by atoms with Gasteiger partial charge in [0.1, 0.15) is 12.9 Å². The summed E-state index contributed by atoms with van der Waals surface area (Å²) in [4.78, 5) is 22.1. The summed E-state index contributed by atoms with van der Waals surface area (Å²) in [7, 11) is 0. The van der Waals surface area contributed by atoms with Crippen molar-refractivity contribution in [3.63, 3.8) is 0 Å². The van der Waals surface area contributed by atoms with E-state index < -0.39 is 11.9 Å². The van der Waals surface area contributed by atoms with E-state index in [2.05, 4.69) is 15.1 Å². The molecule has 0 radical (unpaired) electrons. The number of carbonyl (C=O) groups excluding carboxylic acids is 1. The van der Waals surface area contributed by atoms with Crippen molar-refractivity contribution in [1.82, 2.24) is 24.5 Å². The van der Waals surface area contributed by atoms with Gasteiger partial charge in [-0.2, -0.15) is 27.8 Å². The molecule has 0 saturated carbocycles. The number of aromatic nitrogens is 4. The van der Waals surface area contributed by atoms with Crippen molar-refractivity contribution in [2.24, 2.45) is 0 Å². The van der Waals surface area contributed by atoms with Crippen molar-refractivity contribution in [2.45, 2.75) is 43.9 Å². The number of likely N-dealkylation sites (tertiary alicyclic amines) is 1. The van der Waals surface area contributed by atoms with Crippen LogP contribution in [0.25, 0.3) is 5.78 Å². The second-order valence-corrected chi connectivity index (χ2v) is 7.34. The van der Waals surface area contributed by atoms with Gasteiger partial charge in [0.15, 0.2) is 5.69 Å². The van der Waals surface area contributed by atoms with Crippen molar-refractivity contribution < 1.29 is 27.4 Å². The molecule has 0 bridgehead atoms. The summed E-state index contributed by atoms with van der Waals surface area (Å²) in [5.74, 6) is -0.358. The highest BCUT2D eigenvalue weighted by Crippen LogP contribution is 2.33. The number of carbonyl (C=O) groups is 1. The first kappa shape index (κ1) is 20.0. The van der Waals surface area contributed by atoms with Gasteiger partial charge in [-0.1, -0.05) is 0 Å². The first-order valence-electron chi connectivity index (χ1n) is 9.67. The predicted octanol–water partition coefficient (Wildman–Crippen LogP) is 2.04. The number of ether oxygens (including phenoxy) is 2. The lowest BCUT2D eigenvalue weighted by Gasteiger charge is -2.32. The minimum atomic E-state index is -4.55. The maximum Gasteiger partial charge on any atom is 0.433 e. The fraction of sp³-hybridized carbons (Fsp3) is 0.667. The molecule has 29 heavy (non-hydrogen) atoms. The van der Waals surface area contributed by atoms with E-state index in [9.17, 15) is 18.0 Å². The van der Waals surface area contributed by atoms with E-state index in [4.69, 9.17) is 9.47 Å². The van der Waals surface area contributed by atoms with Crippen molar-refractivity contribution in [3.05, 3.63) is 23.8 Å². The molecule has 158 valence electrons. The lowest BCUT2D eigenvalue weighted by atomic mass is 9.93. The number of hydrogen-bond donors (Lipinski definition) is 0. The molecule has 0 unspecified atom stereocenters. The number of hydrogen-bond acceptors (Lipinski definition) is 6. The van der Waals surface area contributed by atoms with Gasteiger partial charge in [-0.3, -0.25) is 4.79 Å². The third-order valence-electron chi connectivity index (χ3n) is 5.38. The molecule has 8 nitrogen and oxygen atoms in total. The minimum absolute atomic E-state index is 0.00724. The highest BCUT2D eigenvalue weighted by molar-refractivity contribution is 5.77. The molecule has 2 fully saturated rings. The van der Waals surface area contributed by atoms with Crippen LogP contribution >= 0.6 is 0 Å². The van der Waals surface area contributed by atoms with E-state index >= 15 is 0 Å². The second kappa shape index (κ2) is 8.23. The molecule has 2 aliphatic heterocycles. The lowest BCUT2D eigenvalue weighted by molar-refractivity contribution is -0.142. The molecule has 0 aliphatic carbocycles. The van der Waals surface area contributed by atoms with E-state index in [0.717, 1.165) is 31.8 Å². The van der Waals surface area contributed by atoms with Crippen molar-refractivity contribution in [3.8, 4) is 0 Å². The fourth-order valence-electron chi connectivity index (χ4n) is 3.81. The summed E-state index contributed by atoms with van der Waals surface area (Å²) < 4.78 is 51.7. The first-order chi connectivity index (χ1) is 13.9. The Labute approximate surface area is 165 Å². The van der Waals surface area contributed by atoms with Gasteiger partial charge >= 0.3 is 6.18 Å². The summed E-state index contributed by atoms with van der Waals surface area (Å²) in [5.41, 5.74) is -0.560. The Bertz CT molecular complexity index is 858. The van der Waals surface area contributed by atoms with Crippen molar-refractivity contribution in [2.75, 3.05) is 32.9 Å². The van der Waals surface area contributed by atoms with Crippen LogP contribution in [0.2, 0.25) is 0 Å². The average Bonchev–Trinajstić information content (AvgIpc) is 3.38. The molecule has 1 amide bonds. The Hall–Kier alpha value is -2.27.